The molecule has 184 valence electrons. The summed E-state index contributed by atoms with van der Waals surface area (Å²) >= 11 is 0. The molecule has 4 aliphatic rings. The highest BCUT2D eigenvalue weighted by atomic mass is 16.5. The SMILES string of the molecule is COCC12CCC(C)CC1CC[C@H]1C3CCC(C(=O)Cn4cnc5ccccc54)C3(C)CCC12. The highest BCUT2D eigenvalue weighted by molar-refractivity contribution is 5.84. The number of hydrogen-bond donors (Lipinski definition) is 0. The molecule has 4 aliphatic carbocycles. The third kappa shape index (κ3) is 3.34. The molecule has 0 saturated heterocycles. The Labute approximate surface area is 204 Å². The van der Waals surface area contributed by atoms with Gasteiger partial charge >= 0.3 is 0 Å². The van der Waals surface area contributed by atoms with E-state index in [2.05, 4.69) is 29.5 Å². The molecule has 8 atom stereocenters. The minimum absolute atomic E-state index is 0.164. The molecule has 0 spiro atoms. The van der Waals surface area contributed by atoms with Crippen LogP contribution in [-0.4, -0.2) is 29.1 Å². The Hall–Kier alpha value is -1.68. The second kappa shape index (κ2) is 8.47. The fourth-order valence-corrected chi connectivity index (χ4v) is 9.76. The van der Waals surface area contributed by atoms with Gasteiger partial charge in [0.25, 0.3) is 0 Å². The zero-order chi connectivity index (χ0) is 23.5. The molecule has 0 radical (unpaired) electrons. The van der Waals surface area contributed by atoms with E-state index in [-0.39, 0.29) is 11.3 Å². The Morgan fingerprint density at radius 2 is 1.94 bits per heavy atom. The lowest BCUT2D eigenvalue weighted by molar-refractivity contribution is -0.154. The van der Waals surface area contributed by atoms with Crippen molar-refractivity contribution in [2.75, 3.05) is 13.7 Å². The number of hydrogen-bond acceptors (Lipinski definition) is 3. The number of aromatic nitrogens is 2. The number of nitrogens with zero attached hydrogens (tertiary/aromatic N) is 2. The Morgan fingerprint density at radius 3 is 2.79 bits per heavy atom. The molecule has 4 fully saturated rings. The first kappa shape index (κ1) is 22.8. The molecule has 4 nitrogen and oxygen atoms in total. The Bertz CT molecular complexity index is 1060. The number of carbonyl (C=O) groups excluding carboxylic acids is 1. The van der Waals surface area contributed by atoms with Gasteiger partial charge in [0.15, 0.2) is 5.78 Å². The van der Waals surface area contributed by atoms with Crippen molar-refractivity contribution in [3.8, 4) is 0 Å². The summed E-state index contributed by atoms with van der Waals surface area (Å²) in [6.07, 6.45) is 13.6. The summed E-state index contributed by atoms with van der Waals surface area (Å²) in [5.41, 5.74) is 2.61. The maximum absolute atomic E-state index is 13.7. The quantitative estimate of drug-likeness (QED) is 0.508. The largest absolute Gasteiger partial charge is 0.384 e. The van der Waals surface area contributed by atoms with Gasteiger partial charge in [-0.05, 0) is 104 Å². The van der Waals surface area contributed by atoms with Crippen molar-refractivity contribution in [1.29, 1.82) is 0 Å². The van der Waals surface area contributed by atoms with E-state index in [0.717, 1.165) is 47.7 Å². The number of methoxy groups -OCH3 is 1. The van der Waals surface area contributed by atoms with Gasteiger partial charge < -0.3 is 9.30 Å². The van der Waals surface area contributed by atoms with Crippen LogP contribution in [0.3, 0.4) is 0 Å². The summed E-state index contributed by atoms with van der Waals surface area (Å²) in [7, 11) is 1.92. The standard InChI is InChI=1S/C30H42N2O2/c1-20-12-15-30(18-34-3)21(16-20)8-9-22-23-10-11-25(29(23,2)14-13-24(22)30)28(33)17-32-19-31-26-6-4-5-7-27(26)32/h4-7,19-25H,8-18H2,1-3H3/t20?,21?,22-,23?,24?,25?,29?,30?/m0/s1. The van der Waals surface area contributed by atoms with Gasteiger partial charge in [0.1, 0.15) is 0 Å². The Morgan fingerprint density at radius 1 is 1.09 bits per heavy atom. The van der Waals surface area contributed by atoms with Gasteiger partial charge in [0.2, 0.25) is 0 Å². The van der Waals surface area contributed by atoms with Crippen molar-refractivity contribution in [1.82, 2.24) is 9.55 Å². The zero-order valence-corrected chi connectivity index (χ0v) is 21.3. The maximum atomic E-state index is 13.7. The van der Waals surface area contributed by atoms with Gasteiger partial charge in [0.05, 0.1) is 30.5 Å². The van der Waals surface area contributed by atoms with E-state index >= 15 is 0 Å². The lowest BCUT2D eigenvalue weighted by atomic mass is 9.44. The number of Topliss-reactive ketones (excluding diaryl/α,β-unsaturated/α-hetero) is 1. The second-order valence-corrected chi connectivity index (χ2v) is 12.7. The number of benzene rings is 1. The second-order valence-electron chi connectivity index (χ2n) is 12.7. The van der Waals surface area contributed by atoms with Crippen LogP contribution in [0.25, 0.3) is 11.0 Å². The first-order chi connectivity index (χ1) is 16.5. The summed E-state index contributed by atoms with van der Waals surface area (Å²) in [5.74, 6) is 4.62. The molecule has 0 N–H and O–H groups in total. The van der Waals surface area contributed by atoms with E-state index in [1.165, 1.54) is 51.4 Å². The number of ether oxygens (including phenoxy) is 1. The first-order valence-corrected chi connectivity index (χ1v) is 13.9. The maximum Gasteiger partial charge on any atom is 0.156 e. The van der Waals surface area contributed by atoms with E-state index < -0.39 is 0 Å². The van der Waals surface area contributed by atoms with Crippen molar-refractivity contribution in [3.05, 3.63) is 30.6 Å². The molecule has 7 unspecified atom stereocenters. The lowest BCUT2D eigenvalue weighted by Crippen LogP contribution is -2.56. The number of fused-ring (bicyclic) bond motifs is 6. The Kier molecular flexibility index (Phi) is 5.67. The molecule has 4 saturated carbocycles. The molecule has 0 amide bonds. The van der Waals surface area contributed by atoms with Gasteiger partial charge in [-0.25, -0.2) is 4.98 Å². The van der Waals surface area contributed by atoms with Crippen LogP contribution in [0.4, 0.5) is 0 Å². The van der Waals surface area contributed by atoms with Gasteiger partial charge in [-0.3, -0.25) is 4.79 Å². The molecule has 0 aliphatic heterocycles. The smallest absolute Gasteiger partial charge is 0.156 e. The van der Waals surface area contributed by atoms with Crippen LogP contribution < -0.4 is 0 Å². The van der Waals surface area contributed by atoms with Crippen LogP contribution in [0.2, 0.25) is 0 Å². The van der Waals surface area contributed by atoms with Crippen molar-refractivity contribution >= 4 is 16.8 Å². The number of rotatable bonds is 5. The summed E-state index contributed by atoms with van der Waals surface area (Å²) in [6, 6.07) is 8.17. The number of ketones is 1. The van der Waals surface area contributed by atoms with Gasteiger partial charge in [-0.1, -0.05) is 32.4 Å². The van der Waals surface area contributed by atoms with E-state index in [0.29, 0.717) is 23.7 Å². The molecule has 34 heavy (non-hydrogen) atoms. The Balaban J connectivity index is 1.24. The van der Waals surface area contributed by atoms with E-state index in [1.54, 1.807) is 0 Å². The molecule has 2 aromatic rings. The topological polar surface area (TPSA) is 44.1 Å². The monoisotopic (exact) mass is 462 g/mol. The third-order valence-corrected chi connectivity index (χ3v) is 11.3. The van der Waals surface area contributed by atoms with Crippen molar-refractivity contribution in [2.45, 2.75) is 78.2 Å². The van der Waals surface area contributed by atoms with Crippen molar-refractivity contribution in [2.24, 2.45) is 46.3 Å². The zero-order valence-electron chi connectivity index (χ0n) is 21.3. The number of imidazole rings is 1. The fourth-order valence-electron chi connectivity index (χ4n) is 9.76. The molecule has 1 aromatic carbocycles. The van der Waals surface area contributed by atoms with Gasteiger partial charge in [-0.15, -0.1) is 0 Å². The minimum atomic E-state index is 0.164. The molecule has 1 heterocycles. The predicted molar refractivity (Wildman–Crippen MR) is 135 cm³/mol. The molecule has 1 aromatic heterocycles. The predicted octanol–water partition coefficient (Wildman–Crippen LogP) is 6.53. The first-order valence-electron chi connectivity index (χ1n) is 13.9. The van der Waals surface area contributed by atoms with Crippen LogP contribution in [0.5, 0.6) is 0 Å². The summed E-state index contributed by atoms with van der Waals surface area (Å²) in [5, 5.41) is 0. The van der Waals surface area contributed by atoms with Crippen LogP contribution >= 0.6 is 0 Å². The third-order valence-electron chi connectivity index (χ3n) is 11.3. The number of para-hydroxylation sites is 2. The molecular weight excluding hydrogens is 420 g/mol. The lowest BCUT2D eigenvalue weighted by Gasteiger charge is -2.62. The molecule has 6 rings (SSSR count). The van der Waals surface area contributed by atoms with Crippen molar-refractivity contribution in [3.63, 3.8) is 0 Å². The summed E-state index contributed by atoms with van der Waals surface area (Å²) in [4.78, 5) is 18.3. The summed E-state index contributed by atoms with van der Waals surface area (Å²) in [6.45, 7) is 6.35. The van der Waals surface area contributed by atoms with Gasteiger partial charge in [-0.2, -0.15) is 0 Å². The van der Waals surface area contributed by atoms with Gasteiger partial charge in [0, 0.05) is 13.0 Å². The fraction of sp³-hybridized carbons (Fsp3) is 0.733. The van der Waals surface area contributed by atoms with Crippen LogP contribution in [-0.2, 0) is 16.1 Å². The van der Waals surface area contributed by atoms with E-state index in [1.807, 2.05) is 31.6 Å². The van der Waals surface area contributed by atoms with Crippen LogP contribution in [0, 0.1) is 46.3 Å². The average Bonchev–Trinajstić information content (AvgIpc) is 3.40. The molecule has 4 heteroatoms. The van der Waals surface area contributed by atoms with Crippen molar-refractivity contribution < 1.29 is 9.53 Å². The molecule has 0 bridgehead atoms. The number of carbonyl (C=O) groups is 1. The van der Waals surface area contributed by atoms with Crippen LogP contribution in [0.15, 0.2) is 30.6 Å². The van der Waals surface area contributed by atoms with E-state index in [9.17, 15) is 4.79 Å². The normalized spacial score (nSPS) is 41.6. The highest BCUT2D eigenvalue weighted by Gasteiger charge is 2.62. The highest BCUT2D eigenvalue weighted by Crippen LogP contribution is 2.68. The average molecular weight is 463 g/mol. The summed E-state index contributed by atoms with van der Waals surface area (Å²) < 4.78 is 8.02. The molecular formula is C30H42N2O2. The minimum Gasteiger partial charge on any atom is -0.384 e. The van der Waals surface area contributed by atoms with E-state index in [4.69, 9.17) is 4.74 Å². The van der Waals surface area contributed by atoms with Crippen LogP contribution in [0.1, 0.15) is 71.6 Å².